The van der Waals surface area contributed by atoms with Gasteiger partial charge in [-0.05, 0) is 69.7 Å². The van der Waals surface area contributed by atoms with Crippen LogP contribution < -0.4 is 19.1 Å². The number of carbonyl (C=O) groups excluding carboxylic acids is 2. The van der Waals surface area contributed by atoms with Crippen LogP contribution in [0, 0.1) is 6.92 Å². The molecular weight excluding hydrogens is 601 g/mol. The molecule has 3 aromatic rings. The Hall–Kier alpha value is -3.47. The molecule has 42 heavy (non-hydrogen) atoms. The van der Waals surface area contributed by atoms with Gasteiger partial charge in [-0.25, -0.2) is 8.42 Å². The number of carbonyl (C=O) groups is 2. The smallest absolute Gasteiger partial charge is 0.264 e. The summed E-state index contributed by atoms with van der Waals surface area (Å²) in [6.45, 7) is 6.36. The van der Waals surface area contributed by atoms with Crippen molar-refractivity contribution < 1.29 is 27.5 Å². The lowest BCUT2D eigenvalue weighted by Gasteiger charge is -2.32. The second-order valence-corrected chi connectivity index (χ2v) is 12.6. The van der Waals surface area contributed by atoms with Crippen LogP contribution in [0.5, 0.6) is 11.5 Å². The van der Waals surface area contributed by atoms with Crippen molar-refractivity contribution in [3.05, 3.63) is 81.8 Å². The highest BCUT2D eigenvalue weighted by atomic mass is 35.5. The van der Waals surface area contributed by atoms with Crippen molar-refractivity contribution in [2.75, 3.05) is 25.1 Å². The highest BCUT2D eigenvalue weighted by Crippen LogP contribution is 2.36. The molecule has 0 aliphatic rings. The fraction of sp³-hybridized carbons (Fsp3) is 0.333. The van der Waals surface area contributed by atoms with Crippen molar-refractivity contribution in [3.8, 4) is 11.5 Å². The van der Waals surface area contributed by atoms with Gasteiger partial charge in [0.15, 0.2) is 0 Å². The molecule has 0 unspecified atom stereocenters. The quantitative estimate of drug-likeness (QED) is 0.283. The van der Waals surface area contributed by atoms with Gasteiger partial charge in [0.1, 0.15) is 24.1 Å². The summed E-state index contributed by atoms with van der Waals surface area (Å²) in [4.78, 5) is 28.5. The molecular formula is C30H35Cl2N3O6S. The van der Waals surface area contributed by atoms with E-state index in [9.17, 15) is 18.0 Å². The molecule has 3 rings (SSSR count). The number of nitrogens with zero attached hydrogens (tertiary/aromatic N) is 2. The van der Waals surface area contributed by atoms with Gasteiger partial charge in [-0.2, -0.15) is 0 Å². The summed E-state index contributed by atoms with van der Waals surface area (Å²) >= 11 is 12.3. The largest absolute Gasteiger partial charge is 0.497 e. The van der Waals surface area contributed by atoms with Gasteiger partial charge in [-0.3, -0.25) is 13.9 Å². The van der Waals surface area contributed by atoms with Crippen molar-refractivity contribution >= 4 is 50.7 Å². The summed E-state index contributed by atoms with van der Waals surface area (Å²) in [7, 11) is -1.45. The number of ether oxygens (including phenoxy) is 2. The third-order valence-corrected chi connectivity index (χ3v) is 8.99. The average molecular weight is 637 g/mol. The Kier molecular flexibility index (Phi) is 11.1. The Morgan fingerprint density at radius 3 is 2.14 bits per heavy atom. The number of methoxy groups -OCH3 is 2. The normalized spacial score (nSPS) is 12.0. The lowest BCUT2D eigenvalue weighted by atomic mass is 10.1. The predicted octanol–water partition coefficient (Wildman–Crippen LogP) is 5.46. The molecule has 9 nitrogen and oxygen atoms in total. The lowest BCUT2D eigenvalue weighted by molar-refractivity contribution is -0.139. The second-order valence-electron chi connectivity index (χ2n) is 9.97. The van der Waals surface area contributed by atoms with Crippen molar-refractivity contribution in [2.24, 2.45) is 0 Å². The maximum Gasteiger partial charge on any atom is 0.264 e. The molecule has 3 aromatic carbocycles. The monoisotopic (exact) mass is 635 g/mol. The predicted molar refractivity (Wildman–Crippen MR) is 165 cm³/mol. The molecule has 0 aliphatic heterocycles. The van der Waals surface area contributed by atoms with Gasteiger partial charge in [0.25, 0.3) is 10.0 Å². The highest BCUT2D eigenvalue weighted by molar-refractivity contribution is 7.92. The van der Waals surface area contributed by atoms with Crippen LogP contribution >= 0.6 is 23.2 Å². The summed E-state index contributed by atoms with van der Waals surface area (Å²) in [6, 6.07) is 14.7. The van der Waals surface area contributed by atoms with E-state index in [0.717, 1.165) is 9.87 Å². The van der Waals surface area contributed by atoms with Crippen LogP contribution in [-0.4, -0.2) is 58.0 Å². The molecule has 0 saturated heterocycles. The minimum Gasteiger partial charge on any atom is -0.497 e. The SMILES string of the molecule is COc1ccc(OC)c(N(CC(=O)N(Cc2ccc(Cl)c(Cl)c2)[C@H](C)C(=O)NC(C)C)S(=O)(=O)c2ccc(C)cc2)c1. The molecule has 1 atom stereocenters. The first-order chi connectivity index (χ1) is 19.8. The van der Waals surface area contributed by atoms with E-state index in [0.29, 0.717) is 16.3 Å². The Morgan fingerprint density at radius 2 is 1.57 bits per heavy atom. The zero-order valence-corrected chi connectivity index (χ0v) is 26.7. The van der Waals surface area contributed by atoms with E-state index in [-0.39, 0.29) is 33.9 Å². The Labute approximate surface area is 257 Å². The van der Waals surface area contributed by atoms with Crippen molar-refractivity contribution in [1.82, 2.24) is 10.2 Å². The van der Waals surface area contributed by atoms with E-state index < -0.39 is 34.4 Å². The molecule has 0 saturated carbocycles. The molecule has 1 N–H and O–H groups in total. The number of nitrogens with one attached hydrogen (secondary N) is 1. The topological polar surface area (TPSA) is 105 Å². The van der Waals surface area contributed by atoms with Gasteiger partial charge in [0.05, 0.1) is 34.8 Å². The first kappa shape index (κ1) is 33.0. The summed E-state index contributed by atoms with van der Waals surface area (Å²) in [5.41, 5.74) is 1.57. The number of anilines is 1. The zero-order chi connectivity index (χ0) is 31.2. The number of rotatable bonds is 12. The van der Waals surface area contributed by atoms with Gasteiger partial charge in [0.2, 0.25) is 11.8 Å². The number of sulfonamides is 1. The summed E-state index contributed by atoms with van der Waals surface area (Å²) in [5, 5.41) is 3.44. The van der Waals surface area contributed by atoms with E-state index in [4.69, 9.17) is 32.7 Å². The van der Waals surface area contributed by atoms with Crippen molar-refractivity contribution in [2.45, 2.75) is 51.2 Å². The molecule has 0 radical (unpaired) electrons. The van der Waals surface area contributed by atoms with Gasteiger partial charge < -0.3 is 19.7 Å². The Morgan fingerprint density at radius 1 is 0.905 bits per heavy atom. The number of benzene rings is 3. The molecule has 0 heterocycles. The van der Waals surface area contributed by atoms with Crippen molar-refractivity contribution in [1.29, 1.82) is 0 Å². The number of halogens is 2. The first-order valence-corrected chi connectivity index (χ1v) is 15.3. The van der Waals surface area contributed by atoms with Crippen LogP contribution in [0.3, 0.4) is 0 Å². The van der Waals surface area contributed by atoms with E-state index in [2.05, 4.69) is 5.32 Å². The maximum absolute atomic E-state index is 14.1. The van der Waals surface area contributed by atoms with Gasteiger partial charge in [-0.15, -0.1) is 0 Å². The van der Waals surface area contributed by atoms with Gasteiger partial charge in [0, 0.05) is 18.7 Å². The standard InChI is InChI=1S/C30H35Cl2N3O6S/c1-19(2)33-30(37)21(4)34(17-22-9-13-25(31)26(32)15-22)29(36)18-35(27-16-23(40-5)10-14-28(27)41-6)42(38,39)24-11-7-20(3)8-12-24/h7-16,19,21H,17-18H2,1-6H3,(H,33,37)/t21-/m1/s1. The number of aryl methyl sites for hydroxylation is 1. The summed E-state index contributed by atoms with van der Waals surface area (Å²) in [5.74, 6) is -0.459. The molecule has 0 aromatic heterocycles. The first-order valence-electron chi connectivity index (χ1n) is 13.1. The van der Waals surface area contributed by atoms with Crippen LogP contribution in [0.1, 0.15) is 31.9 Å². The minimum atomic E-state index is -4.30. The lowest BCUT2D eigenvalue weighted by Crippen LogP contribution is -2.52. The molecule has 0 bridgehead atoms. The van der Waals surface area contributed by atoms with Crippen molar-refractivity contribution in [3.63, 3.8) is 0 Å². The molecule has 12 heteroatoms. The van der Waals surface area contributed by atoms with E-state index in [1.807, 2.05) is 6.92 Å². The number of hydrogen-bond donors (Lipinski definition) is 1. The van der Waals surface area contributed by atoms with E-state index in [1.165, 1.54) is 37.3 Å². The Balaban J connectivity index is 2.13. The number of amides is 2. The van der Waals surface area contributed by atoms with Crippen LogP contribution in [0.25, 0.3) is 0 Å². The molecule has 0 fully saturated rings. The van der Waals surface area contributed by atoms with Crippen LogP contribution in [0.2, 0.25) is 10.0 Å². The third-order valence-electron chi connectivity index (χ3n) is 6.48. The van der Waals surface area contributed by atoms with Crippen LogP contribution in [0.15, 0.2) is 65.6 Å². The highest BCUT2D eigenvalue weighted by Gasteiger charge is 2.34. The molecule has 226 valence electrons. The maximum atomic E-state index is 14.1. The second kappa shape index (κ2) is 14.1. The minimum absolute atomic E-state index is 0.0209. The average Bonchev–Trinajstić information content (AvgIpc) is 2.95. The van der Waals surface area contributed by atoms with Gasteiger partial charge >= 0.3 is 0 Å². The summed E-state index contributed by atoms with van der Waals surface area (Å²) in [6.07, 6.45) is 0. The molecule has 0 spiro atoms. The number of hydrogen-bond acceptors (Lipinski definition) is 6. The fourth-order valence-electron chi connectivity index (χ4n) is 4.16. The summed E-state index contributed by atoms with van der Waals surface area (Å²) < 4.78 is 40.0. The fourth-order valence-corrected chi connectivity index (χ4v) is 5.90. The van der Waals surface area contributed by atoms with E-state index >= 15 is 0 Å². The van der Waals surface area contributed by atoms with Crippen LogP contribution in [0.4, 0.5) is 5.69 Å². The van der Waals surface area contributed by atoms with Gasteiger partial charge in [-0.1, -0.05) is 47.0 Å². The Bertz CT molecular complexity index is 1530. The molecule has 0 aliphatic carbocycles. The zero-order valence-electron chi connectivity index (χ0n) is 24.4. The van der Waals surface area contributed by atoms with Crippen LogP contribution in [-0.2, 0) is 26.2 Å². The third kappa shape index (κ3) is 7.87. The molecule has 2 amide bonds. The van der Waals surface area contributed by atoms with E-state index in [1.54, 1.807) is 63.2 Å².